The van der Waals surface area contributed by atoms with E-state index in [-0.39, 0.29) is 18.5 Å². The van der Waals surface area contributed by atoms with Crippen molar-refractivity contribution < 1.29 is 14.7 Å². The van der Waals surface area contributed by atoms with Gasteiger partial charge in [-0.3, -0.25) is 4.79 Å². The minimum Gasteiger partial charge on any atom is -0.481 e. The van der Waals surface area contributed by atoms with Crippen LogP contribution in [0.3, 0.4) is 0 Å². The highest BCUT2D eigenvalue weighted by Gasteiger charge is 2.36. The number of nitrogens with zero attached hydrogens (tertiary/aromatic N) is 1. The molecule has 0 bridgehead atoms. The van der Waals surface area contributed by atoms with Gasteiger partial charge in [-0.15, -0.1) is 0 Å². The molecule has 2 N–H and O–H groups in total. The van der Waals surface area contributed by atoms with E-state index in [2.05, 4.69) is 12.2 Å². The van der Waals surface area contributed by atoms with E-state index in [1.165, 1.54) is 0 Å². The van der Waals surface area contributed by atoms with Gasteiger partial charge < -0.3 is 15.3 Å². The van der Waals surface area contributed by atoms with E-state index in [9.17, 15) is 9.59 Å². The molecule has 0 aromatic heterocycles. The zero-order chi connectivity index (χ0) is 13.1. The highest BCUT2D eigenvalue weighted by molar-refractivity contribution is 5.75. The van der Waals surface area contributed by atoms with Gasteiger partial charge in [-0.05, 0) is 38.0 Å². The van der Waals surface area contributed by atoms with Crippen molar-refractivity contribution in [2.75, 3.05) is 6.54 Å². The number of amides is 2. The van der Waals surface area contributed by atoms with Gasteiger partial charge in [-0.1, -0.05) is 6.92 Å². The van der Waals surface area contributed by atoms with Gasteiger partial charge in [-0.2, -0.15) is 0 Å². The Hall–Kier alpha value is -1.26. The number of piperidine rings is 1. The molecule has 1 heterocycles. The first-order chi connectivity index (χ1) is 8.58. The fourth-order valence-electron chi connectivity index (χ4n) is 2.62. The van der Waals surface area contributed by atoms with Crippen molar-refractivity contribution in [1.29, 1.82) is 0 Å². The Balaban J connectivity index is 1.85. The summed E-state index contributed by atoms with van der Waals surface area (Å²) < 4.78 is 0. The molecule has 0 spiro atoms. The molecule has 5 heteroatoms. The quantitative estimate of drug-likeness (QED) is 0.804. The molecule has 2 rings (SSSR count). The number of hydrogen-bond donors (Lipinski definition) is 2. The lowest BCUT2D eigenvalue weighted by Gasteiger charge is -2.35. The van der Waals surface area contributed by atoms with Crippen molar-refractivity contribution in [3.05, 3.63) is 0 Å². The molecule has 1 saturated heterocycles. The number of nitrogens with one attached hydrogen (secondary N) is 1. The summed E-state index contributed by atoms with van der Waals surface area (Å²) in [6.45, 7) is 2.89. The zero-order valence-corrected chi connectivity index (χ0v) is 10.9. The Bertz CT molecular complexity index is 332. The van der Waals surface area contributed by atoms with Crippen LogP contribution in [0.25, 0.3) is 0 Å². The number of hydrogen-bond acceptors (Lipinski definition) is 2. The molecule has 0 aromatic carbocycles. The largest absolute Gasteiger partial charge is 0.481 e. The smallest absolute Gasteiger partial charge is 0.317 e. The first kappa shape index (κ1) is 13.2. The van der Waals surface area contributed by atoms with Crippen molar-refractivity contribution in [1.82, 2.24) is 10.2 Å². The number of rotatable bonds is 4. The Labute approximate surface area is 108 Å². The average molecular weight is 254 g/mol. The maximum atomic E-state index is 12.1. The number of carbonyl (C=O) groups excluding carboxylic acids is 1. The number of likely N-dealkylation sites (tertiary alicyclic amines) is 1. The molecule has 1 aliphatic carbocycles. The predicted octanol–water partition coefficient (Wildman–Crippen LogP) is 1.82. The lowest BCUT2D eigenvalue weighted by Crippen LogP contribution is -2.49. The van der Waals surface area contributed by atoms with Crippen LogP contribution in [0.2, 0.25) is 0 Å². The van der Waals surface area contributed by atoms with Crippen LogP contribution in [0.1, 0.15) is 45.4 Å². The Morgan fingerprint density at radius 1 is 1.39 bits per heavy atom. The molecule has 3 unspecified atom stereocenters. The Morgan fingerprint density at radius 2 is 2.11 bits per heavy atom. The predicted molar refractivity (Wildman–Crippen MR) is 67.3 cm³/mol. The van der Waals surface area contributed by atoms with Gasteiger partial charge in [0.2, 0.25) is 0 Å². The Kier molecular flexibility index (Phi) is 4.09. The maximum Gasteiger partial charge on any atom is 0.317 e. The molecule has 18 heavy (non-hydrogen) atoms. The normalized spacial score (nSPS) is 30.9. The minimum absolute atomic E-state index is 0.000520. The molecule has 1 saturated carbocycles. The highest BCUT2D eigenvalue weighted by Crippen LogP contribution is 2.30. The van der Waals surface area contributed by atoms with Gasteiger partial charge in [0.05, 0.1) is 0 Å². The number of urea groups is 1. The molecule has 102 valence electrons. The molecule has 2 fully saturated rings. The third-order valence-corrected chi connectivity index (χ3v) is 4.00. The second kappa shape index (κ2) is 5.59. The van der Waals surface area contributed by atoms with Crippen LogP contribution in [0.4, 0.5) is 4.79 Å². The van der Waals surface area contributed by atoms with E-state index in [4.69, 9.17) is 5.11 Å². The second-order valence-electron chi connectivity index (χ2n) is 5.54. The molecule has 5 nitrogen and oxygen atoms in total. The number of carbonyl (C=O) groups is 2. The van der Waals surface area contributed by atoms with Crippen molar-refractivity contribution in [3.63, 3.8) is 0 Å². The van der Waals surface area contributed by atoms with Crippen molar-refractivity contribution in [2.45, 2.75) is 57.5 Å². The average Bonchev–Trinajstić information content (AvgIpc) is 3.02. The van der Waals surface area contributed by atoms with Crippen molar-refractivity contribution in [2.24, 2.45) is 5.92 Å². The summed E-state index contributed by atoms with van der Waals surface area (Å²) >= 11 is 0. The summed E-state index contributed by atoms with van der Waals surface area (Å²) in [6.07, 6.45) is 4.84. The number of aliphatic carboxylic acids is 1. The molecule has 2 amide bonds. The van der Waals surface area contributed by atoms with E-state index in [1.54, 1.807) is 0 Å². The lowest BCUT2D eigenvalue weighted by atomic mass is 9.98. The fraction of sp³-hybridized carbons (Fsp3) is 0.846. The van der Waals surface area contributed by atoms with Gasteiger partial charge in [0, 0.05) is 25.0 Å². The van der Waals surface area contributed by atoms with Gasteiger partial charge in [0.1, 0.15) is 0 Å². The maximum absolute atomic E-state index is 12.1. The van der Waals surface area contributed by atoms with Crippen LogP contribution in [0, 0.1) is 5.92 Å². The second-order valence-corrected chi connectivity index (χ2v) is 5.54. The molecule has 3 atom stereocenters. The van der Waals surface area contributed by atoms with E-state index in [1.807, 2.05) is 4.90 Å². The molecule has 1 aliphatic heterocycles. The summed E-state index contributed by atoms with van der Waals surface area (Å²) in [6, 6.07) is 0.433. The summed E-state index contributed by atoms with van der Waals surface area (Å²) in [5, 5.41) is 11.8. The summed E-state index contributed by atoms with van der Waals surface area (Å²) in [4.78, 5) is 24.6. The fourth-order valence-corrected chi connectivity index (χ4v) is 2.62. The van der Waals surface area contributed by atoms with Gasteiger partial charge in [0.25, 0.3) is 0 Å². The van der Waals surface area contributed by atoms with E-state index >= 15 is 0 Å². The molecule has 2 aliphatic rings. The zero-order valence-electron chi connectivity index (χ0n) is 10.9. The van der Waals surface area contributed by atoms with Crippen molar-refractivity contribution >= 4 is 12.0 Å². The Morgan fingerprint density at radius 3 is 2.72 bits per heavy atom. The van der Waals surface area contributed by atoms with E-state index in [0.717, 1.165) is 32.2 Å². The summed E-state index contributed by atoms with van der Waals surface area (Å²) in [5.74, 6) is -0.187. The van der Waals surface area contributed by atoms with Crippen molar-refractivity contribution in [3.8, 4) is 0 Å². The third-order valence-electron chi connectivity index (χ3n) is 4.00. The monoisotopic (exact) mass is 254 g/mol. The first-order valence-corrected chi connectivity index (χ1v) is 6.87. The highest BCUT2D eigenvalue weighted by atomic mass is 16.4. The van der Waals surface area contributed by atoms with Crippen LogP contribution in [-0.4, -0.2) is 40.6 Å². The van der Waals surface area contributed by atoms with Gasteiger partial charge in [0.15, 0.2) is 0 Å². The number of carboxylic acids is 1. The standard InChI is InChI=1S/C13H22N2O3/c1-9-8-11(9)14-13(18)15-7-3-2-4-10(15)5-6-12(16)17/h9-11H,2-8H2,1H3,(H,14,18)(H,16,17). The van der Waals surface area contributed by atoms with Gasteiger partial charge >= 0.3 is 12.0 Å². The van der Waals surface area contributed by atoms with E-state index < -0.39 is 5.97 Å². The third kappa shape index (κ3) is 3.37. The van der Waals surface area contributed by atoms with Crippen LogP contribution in [0.15, 0.2) is 0 Å². The molecule has 0 aromatic rings. The molecule has 0 radical (unpaired) electrons. The molecular weight excluding hydrogens is 232 g/mol. The number of carboxylic acid groups (broad SMARTS) is 1. The summed E-state index contributed by atoms with van der Waals surface area (Å²) in [7, 11) is 0. The van der Waals surface area contributed by atoms with Gasteiger partial charge in [-0.25, -0.2) is 4.79 Å². The van der Waals surface area contributed by atoms with Crippen LogP contribution in [-0.2, 0) is 4.79 Å². The SMILES string of the molecule is CC1CC1NC(=O)N1CCCCC1CCC(=O)O. The molecular formula is C13H22N2O3. The topological polar surface area (TPSA) is 69.6 Å². The lowest BCUT2D eigenvalue weighted by molar-refractivity contribution is -0.137. The van der Waals surface area contributed by atoms with Crippen LogP contribution >= 0.6 is 0 Å². The van der Waals surface area contributed by atoms with E-state index in [0.29, 0.717) is 18.4 Å². The summed E-state index contributed by atoms with van der Waals surface area (Å²) in [5.41, 5.74) is 0. The van der Waals surface area contributed by atoms with Crippen LogP contribution in [0.5, 0.6) is 0 Å². The first-order valence-electron chi connectivity index (χ1n) is 6.87. The minimum atomic E-state index is -0.781. The van der Waals surface area contributed by atoms with Crippen LogP contribution < -0.4 is 5.32 Å².